The first-order valence-electron chi connectivity index (χ1n) is 12.6. The first kappa shape index (κ1) is 22.5. The van der Waals surface area contributed by atoms with Gasteiger partial charge < -0.3 is 9.88 Å². The van der Waals surface area contributed by atoms with Crippen LogP contribution in [0.15, 0.2) is 28.0 Å². The summed E-state index contributed by atoms with van der Waals surface area (Å²) in [5.41, 5.74) is 1.35. The third-order valence-corrected chi connectivity index (χ3v) is 7.71. The molecule has 0 aliphatic heterocycles. The molecule has 0 radical (unpaired) electrons. The second-order valence-electron chi connectivity index (χ2n) is 10.0. The van der Waals surface area contributed by atoms with Crippen molar-refractivity contribution in [3.05, 3.63) is 29.3 Å². The Bertz CT molecular complexity index is 1450. The SMILES string of the molecule is C#C[C@H]1CC[C@H](Cn2c(-n3ccnc3)nc3nc(-c4noc(=O)[nH]4)nc(N[C@H](C)C4CCC4)c32)CC1. The number of nitrogens with one attached hydrogen (secondary N) is 2. The molecule has 4 aromatic heterocycles. The Kier molecular flexibility index (Phi) is 5.79. The minimum Gasteiger partial charge on any atom is -0.365 e. The zero-order valence-corrected chi connectivity index (χ0v) is 20.2. The molecule has 6 rings (SSSR count). The molecule has 2 aliphatic rings. The standard InChI is InChI=1S/C25H29N9O2/c1-3-16-7-9-17(10-8-16)13-34-19-20(27-15(2)18-5-4-6-18)28-22(23-31-25(35)36-32-23)29-21(19)30-24(34)33-12-11-26-14-33/h1,11-12,14-18H,4-10,13H2,2H3,(H,27,28,29)(H,31,32,35)/t15-,16-,17-/m1/s1. The van der Waals surface area contributed by atoms with Crippen LogP contribution in [0.1, 0.15) is 51.9 Å². The molecular formula is C25H29N9O2. The summed E-state index contributed by atoms with van der Waals surface area (Å²) in [5, 5.41) is 7.44. The number of aromatic nitrogens is 8. The van der Waals surface area contributed by atoms with E-state index in [2.05, 4.69) is 42.8 Å². The van der Waals surface area contributed by atoms with E-state index in [9.17, 15) is 4.79 Å². The second kappa shape index (κ2) is 9.26. The number of imidazole rings is 2. The number of terminal acetylenes is 1. The lowest BCUT2D eigenvalue weighted by Crippen LogP contribution is -2.31. The smallest absolute Gasteiger partial charge is 0.365 e. The lowest BCUT2D eigenvalue weighted by atomic mass is 9.80. The molecule has 0 amide bonds. The fourth-order valence-corrected chi connectivity index (χ4v) is 5.35. The molecule has 2 saturated carbocycles. The Hall–Kier alpha value is -3.94. The Labute approximate surface area is 207 Å². The monoisotopic (exact) mass is 487 g/mol. The molecule has 11 heteroatoms. The van der Waals surface area contributed by atoms with Crippen LogP contribution in [0.25, 0.3) is 28.8 Å². The van der Waals surface area contributed by atoms with E-state index in [0.29, 0.717) is 29.2 Å². The number of aromatic amines is 1. The van der Waals surface area contributed by atoms with E-state index >= 15 is 0 Å². The first-order chi connectivity index (χ1) is 17.6. The summed E-state index contributed by atoms with van der Waals surface area (Å²) in [6.45, 7) is 2.96. The van der Waals surface area contributed by atoms with Gasteiger partial charge >= 0.3 is 5.76 Å². The van der Waals surface area contributed by atoms with E-state index in [1.165, 1.54) is 19.3 Å². The summed E-state index contributed by atoms with van der Waals surface area (Å²) in [4.78, 5) is 32.8. The van der Waals surface area contributed by atoms with Crippen LogP contribution in [0.3, 0.4) is 0 Å². The van der Waals surface area contributed by atoms with E-state index in [0.717, 1.165) is 43.7 Å². The van der Waals surface area contributed by atoms with E-state index in [4.69, 9.17) is 20.9 Å². The molecule has 2 fully saturated rings. The molecule has 2 aliphatic carbocycles. The van der Waals surface area contributed by atoms with Gasteiger partial charge in [0.1, 0.15) is 11.8 Å². The van der Waals surface area contributed by atoms with E-state index in [1.54, 1.807) is 12.5 Å². The van der Waals surface area contributed by atoms with Crippen LogP contribution in [0.4, 0.5) is 5.82 Å². The van der Waals surface area contributed by atoms with Crippen LogP contribution in [0, 0.1) is 30.1 Å². The van der Waals surface area contributed by atoms with Crippen LogP contribution >= 0.6 is 0 Å². The van der Waals surface area contributed by atoms with Crippen molar-refractivity contribution in [1.82, 2.24) is 39.2 Å². The highest BCUT2D eigenvalue weighted by Crippen LogP contribution is 2.35. The van der Waals surface area contributed by atoms with Crippen LogP contribution < -0.4 is 11.1 Å². The molecule has 4 heterocycles. The number of hydrogen-bond acceptors (Lipinski definition) is 8. The predicted octanol–water partition coefficient (Wildman–Crippen LogP) is 3.40. The normalized spacial score (nSPS) is 21.2. The maximum absolute atomic E-state index is 11.6. The van der Waals surface area contributed by atoms with Crippen molar-refractivity contribution < 1.29 is 4.52 Å². The minimum absolute atomic E-state index is 0.174. The fraction of sp³-hybridized carbons (Fsp3) is 0.520. The third-order valence-electron chi connectivity index (χ3n) is 7.71. The van der Waals surface area contributed by atoms with Crippen molar-refractivity contribution in [2.75, 3.05) is 5.32 Å². The van der Waals surface area contributed by atoms with Gasteiger partial charge in [0.2, 0.25) is 17.6 Å². The average molecular weight is 488 g/mol. The summed E-state index contributed by atoms with van der Waals surface area (Å²) in [7, 11) is 0. The van der Waals surface area contributed by atoms with Gasteiger partial charge in [-0.25, -0.2) is 19.7 Å². The zero-order valence-electron chi connectivity index (χ0n) is 20.2. The maximum Gasteiger partial charge on any atom is 0.439 e. The molecule has 0 aromatic carbocycles. The Morgan fingerprint density at radius 3 is 2.69 bits per heavy atom. The summed E-state index contributed by atoms with van der Waals surface area (Å²) in [5.74, 6) is 5.52. The minimum atomic E-state index is -0.654. The molecule has 2 N–H and O–H groups in total. The highest BCUT2D eigenvalue weighted by molar-refractivity contribution is 5.86. The van der Waals surface area contributed by atoms with Gasteiger partial charge in [-0.1, -0.05) is 11.6 Å². The average Bonchev–Trinajstić information content (AvgIpc) is 3.59. The Morgan fingerprint density at radius 1 is 1.22 bits per heavy atom. The number of rotatable bonds is 7. The van der Waals surface area contributed by atoms with Crippen molar-refractivity contribution in [3.8, 4) is 29.9 Å². The summed E-state index contributed by atoms with van der Waals surface area (Å²) < 4.78 is 8.80. The number of nitrogens with zero attached hydrogens (tertiary/aromatic N) is 7. The molecule has 36 heavy (non-hydrogen) atoms. The topological polar surface area (TPSA) is 132 Å². The fourth-order valence-electron chi connectivity index (χ4n) is 5.35. The highest BCUT2D eigenvalue weighted by Gasteiger charge is 2.29. The van der Waals surface area contributed by atoms with Crippen LogP contribution in [0.5, 0.6) is 0 Å². The van der Waals surface area contributed by atoms with E-state index in [-0.39, 0.29) is 17.7 Å². The molecule has 11 nitrogen and oxygen atoms in total. The Morgan fingerprint density at radius 2 is 2.06 bits per heavy atom. The number of H-pyrrole nitrogens is 1. The quantitative estimate of drug-likeness (QED) is 0.379. The van der Waals surface area contributed by atoms with Gasteiger partial charge in [0.25, 0.3) is 0 Å². The molecule has 0 bridgehead atoms. The Balaban J connectivity index is 1.47. The van der Waals surface area contributed by atoms with E-state index in [1.807, 2.05) is 10.8 Å². The van der Waals surface area contributed by atoms with Crippen molar-refractivity contribution in [1.29, 1.82) is 0 Å². The second-order valence-corrected chi connectivity index (χ2v) is 10.0. The molecule has 4 aromatic rings. The van der Waals surface area contributed by atoms with E-state index < -0.39 is 5.76 Å². The highest BCUT2D eigenvalue weighted by atomic mass is 16.5. The lowest BCUT2D eigenvalue weighted by Gasteiger charge is -2.32. The van der Waals surface area contributed by atoms with Crippen LogP contribution in [-0.2, 0) is 6.54 Å². The zero-order chi connectivity index (χ0) is 24.6. The molecule has 1 atom stereocenters. The number of hydrogen-bond donors (Lipinski definition) is 2. The largest absolute Gasteiger partial charge is 0.439 e. The van der Waals surface area contributed by atoms with Crippen LogP contribution in [0.2, 0.25) is 0 Å². The van der Waals surface area contributed by atoms with Gasteiger partial charge in [0, 0.05) is 30.9 Å². The summed E-state index contributed by atoms with van der Waals surface area (Å²) >= 11 is 0. The van der Waals surface area contributed by atoms with Gasteiger partial charge in [-0.05, 0) is 57.3 Å². The predicted molar refractivity (Wildman–Crippen MR) is 133 cm³/mol. The number of fused-ring (bicyclic) bond motifs is 1. The molecule has 0 spiro atoms. The maximum atomic E-state index is 11.6. The molecule has 0 saturated heterocycles. The van der Waals surface area contributed by atoms with Crippen molar-refractivity contribution in [3.63, 3.8) is 0 Å². The van der Waals surface area contributed by atoms with Crippen molar-refractivity contribution in [2.45, 2.75) is 64.5 Å². The molecule has 186 valence electrons. The van der Waals surface area contributed by atoms with Crippen molar-refractivity contribution in [2.24, 2.45) is 17.8 Å². The van der Waals surface area contributed by atoms with Gasteiger partial charge in [-0.15, -0.1) is 12.3 Å². The van der Waals surface area contributed by atoms with Gasteiger partial charge in [-0.2, -0.15) is 4.98 Å². The van der Waals surface area contributed by atoms with Crippen LogP contribution in [-0.4, -0.2) is 45.3 Å². The summed E-state index contributed by atoms with van der Waals surface area (Å²) in [6, 6.07) is 0.229. The summed E-state index contributed by atoms with van der Waals surface area (Å²) in [6.07, 6.45) is 18.9. The van der Waals surface area contributed by atoms with Gasteiger partial charge in [0.05, 0.1) is 0 Å². The van der Waals surface area contributed by atoms with Gasteiger partial charge in [0.15, 0.2) is 11.5 Å². The first-order valence-corrected chi connectivity index (χ1v) is 12.6. The lowest BCUT2D eigenvalue weighted by molar-refractivity contribution is 0.284. The molecule has 0 unspecified atom stereocenters. The molecular weight excluding hydrogens is 458 g/mol. The third kappa shape index (κ3) is 4.17. The van der Waals surface area contributed by atoms with Gasteiger partial charge in [-0.3, -0.25) is 14.1 Å². The van der Waals surface area contributed by atoms with Crippen molar-refractivity contribution >= 4 is 17.0 Å². The number of anilines is 1.